The second-order valence-electron chi connectivity index (χ2n) is 8.35. The van der Waals surface area contributed by atoms with Gasteiger partial charge in [0.05, 0.1) is 25.6 Å². The minimum atomic E-state index is -1.06. The fourth-order valence-electron chi connectivity index (χ4n) is 3.83. The molecule has 0 aliphatic carbocycles. The van der Waals surface area contributed by atoms with E-state index in [9.17, 15) is 19.2 Å². The fraction of sp³-hybridized carbons (Fsp3) is 0.148. The van der Waals surface area contributed by atoms with Crippen molar-refractivity contribution in [2.24, 2.45) is 0 Å². The van der Waals surface area contributed by atoms with Crippen LogP contribution in [-0.2, 0) is 20.9 Å². The minimum absolute atomic E-state index is 0.0875. The van der Waals surface area contributed by atoms with Crippen molar-refractivity contribution >= 4 is 62.6 Å². The van der Waals surface area contributed by atoms with E-state index in [1.807, 2.05) is 30.3 Å². The molecule has 2 N–H and O–H groups in total. The van der Waals surface area contributed by atoms with Crippen molar-refractivity contribution < 1.29 is 23.9 Å². The molecule has 3 aromatic rings. The number of hydrazine groups is 1. The molecule has 1 aliphatic rings. The minimum Gasteiger partial charge on any atom is -0.465 e. The zero-order valence-electron chi connectivity index (χ0n) is 20.2. The van der Waals surface area contributed by atoms with Crippen LogP contribution in [0.1, 0.15) is 32.7 Å². The lowest BCUT2D eigenvalue weighted by Gasteiger charge is -2.24. The van der Waals surface area contributed by atoms with Crippen LogP contribution in [0.2, 0.25) is 0 Å². The number of nitrogens with zero attached hydrogens (tertiary/aromatic N) is 2. The molecule has 1 fully saturated rings. The highest BCUT2D eigenvalue weighted by molar-refractivity contribution is 9.10. The summed E-state index contributed by atoms with van der Waals surface area (Å²) in [6.45, 7) is 0.191. The number of benzene rings is 3. The van der Waals surface area contributed by atoms with E-state index in [1.54, 1.807) is 36.4 Å². The molecule has 1 heterocycles. The highest BCUT2D eigenvalue weighted by Crippen LogP contribution is 2.23. The Morgan fingerprint density at radius 2 is 1.58 bits per heavy atom. The zero-order valence-corrected chi connectivity index (χ0v) is 22.6. The van der Waals surface area contributed by atoms with Crippen LogP contribution in [0.25, 0.3) is 0 Å². The zero-order chi connectivity index (χ0) is 27.2. The SMILES string of the molecule is COC(=O)c1ccc(NC(=O)CC2C(=O)N(Cc3ccccc3)C(=S)N2NC(=O)c2ccc(Br)cc2)cc1. The topological polar surface area (TPSA) is 108 Å². The van der Waals surface area contributed by atoms with Crippen molar-refractivity contribution in [3.63, 3.8) is 0 Å². The van der Waals surface area contributed by atoms with Crippen LogP contribution in [0.4, 0.5) is 5.69 Å². The molecule has 0 spiro atoms. The van der Waals surface area contributed by atoms with Crippen molar-refractivity contribution in [2.45, 2.75) is 19.0 Å². The first-order chi connectivity index (χ1) is 18.3. The predicted octanol–water partition coefficient (Wildman–Crippen LogP) is 3.91. The standard InChI is InChI=1S/C27H23BrN4O5S/c1-37-26(36)19-9-13-21(14-10-19)29-23(33)15-22-25(35)31(16-17-5-3-2-4-6-17)27(38)32(22)30-24(34)18-7-11-20(28)12-8-18/h2-14,22H,15-16H2,1H3,(H,29,33)(H,30,34). The van der Waals surface area contributed by atoms with Gasteiger partial charge in [-0.1, -0.05) is 46.3 Å². The van der Waals surface area contributed by atoms with E-state index in [4.69, 9.17) is 12.2 Å². The van der Waals surface area contributed by atoms with E-state index < -0.39 is 29.7 Å². The number of ether oxygens (including phenoxy) is 1. The molecular weight excluding hydrogens is 572 g/mol. The Morgan fingerprint density at radius 3 is 2.21 bits per heavy atom. The first-order valence-corrected chi connectivity index (χ1v) is 12.7. The van der Waals surface area contributed by atoms with Gasteiger partial charge in [-0.3, -0.25) is 24.7 Å². The van der Waals surface area contributed by atoms with Crippen LogP contribution in [0.15, 0.2) is 83.3 Å². The summed E-state index contributed by atoms with van der Waals surface area (Å²) in [4.78, 5) is 52.4. The second-order valence-corrected chi connectivity index (χ2v) is 9.63. The van der Waals surface area contributed by atoms with Crippen molar-refractivity contribution in [1.82, 2.24) is 15.3 Å². The Balaban J connectivity index is 1.52. The van der Waals surface area contributed by atoms with Gasteiger partial charge < -0.3 is 10.1 Å². The number of amides is 3. The lowest BCUT2D eigenvalue weighted by molar-refractivity contribution is -0.131. The van der Waals surface area contributed by atoms with Gasteiger partial charge in [0.15, 0.2) is 5.11 Å². The maximum absolute atomic E-state index is 13.4. The van der Waals surface area contributed by atoms with Gasteiger partial charge in [0.25, 0.3) is 11.8 Å². The molecule has 3 amide bonds. The summed E-state index contributed by atoms with van der Waals surface area (Å²) in [5.74, 6) is -1.85. The summed E-state index contributed by atoms with van der Waals surface area (Å²) < 4.78 is 5.49. The first kappa shape index (κ1) is 27.0. The fourth-order valence-corrected chi connectivity index (χ4v) is 4.43. The number of rotatable bonds is 8. The number of hydrogen-bond donors (Lipinski definition) is 2. The normalized spacial score (nSPS) is 14.8. The van der Waals surface area contributed by atoms with Gasteiger partial charge in [0.1, 0.15) is 6.04 Å². The molecule has 0 bridgehead atoms. The van der Waals surface area contributed by atoms with Gasteiger partial charge in [-0.2, -0.15) is 0 Å². The number of hydrogen-bond acceptors (Lipinski definition) is 6. The van der Waals surface area contributed by atoms with Gasteiger partial charge in [-0.25, -0.2) is 9.80 Å². The number of nitrogens with one attached hydrogen (secondary N) is 2. The molecular formula is C27H23BrN4O5S. The van der Waals surface area contributed by atoms with Crippen LogP contribution in [0.3, 0.4) is 0 Å². The van der Waals surface area contributed by atoms with Crippen molar-refractivity contribution in [3.05, 3.63) is 100 Å². The Kier molecular flexibility index (Phi) is 8.49. The molecule has 4 rings (SSSR count). The summed E-state index contributed by atoms with van der Waals surface area (Å²) in [6, 6.07) is 21.1. The van der Waals surface area contributed by atoms with Gasteiger partial charge in [0.2, 0.25) is 5.91 Å². The number of thiocarbonyl (C=S) groups is 1. The van der Waals surface area contributed by atoms with Crippen LogP contribution in [0, 0.1) is 0 Å². The van der Waals surface area contributed by atoms with Crippen LogP contribution < -0.4 is 10.7 Å². The van der Waals surface area contributed by atoms with E-state index in [0.717, 1.165) is 10.0 Å². The molecule has 1 atom stereocenters. The van der Waals surface area contributed by atoms with E-state index in [2.05, 4.69) is 31.4 Å². The van der Waals surface area contributed by atoms with Crippen LogP contribution in [-0.4, -0.2) is 51.9 Å². The molecule has 0 aromatic heterocycles. The highest BCUT2D eigenvalue weighted by atomic mass is 79.9. The van der Waals surface area contributed by atoms with Gasteiger partial charge in [0, 0.05) is 15.7 Å². The maximum Gasteiger partial charge on any atom is 0.337 e. The third kappa shape index (κ3) is 6.24. The number of esters is 1. The molecule has 1 unspecified atom stereocenters. The van der Waals surface area contributed by atoms with Crippen molar-refractivity contribution in [2.75, 3.05) is 12.4 Å². The predicted molar refractivity (Wildman–Crippen MR) is 148 cm³/mol. The molecule has 38 heavy (non-hydrogen) atoms. The third-order valence-corrected chi connectivity index (χ3v) is 6.73. The summed E-state index contributed by atoms with van der Waals surface area (Å²) in [7, 11) is 1.28. The Morgan fingerprint density at radius 1 is 0.947 bits per heavy atom. The smallest absolute Gasteiger partial charge is 0.337 e. The van der Waals surface area contributed by atoms with E-state index >= 15 is 0 Å². The monoisotopic (exact) mass is 594 g/mol. The average Bonchev–Trinajstić information content (AvgIpc) is 3.13. The first-order valence-electron chi connectivity index (χ1n) is 11.5. The summed E-state index contributed by atoms with van der Waals surface area (Å²) in [5, 5.41) is 4.07. The molecule has 11 heteroatoms. The molecule has 1 aliphatic heterocycles. The van der Waals surface area contributed by atoms with Crippen molar-refractivity contribution in [3.8, 4) is 0 Å². The Bertz CT molecular complexity index is 1370. The van der Waals surface area contributed by atoms with E-state index in [-0.39, 0.29) is 18.1 Å². The largest absolute Gasteiger partial charge is 0.465 e. The van der Waals surface area contributed by atoms with Crippen LogP contribution in [0.5, 0.6) is 0 Å². The Hall–Kier alpha value is -4.09. The summed E-state index contributed by atoms with van der Waals surface area (Å²) in [5.41, 5.74) is 4.67. The van der Waals surface area contributed by atoms with Crippen molar-refractivity contribution in [1.29, 1.82) is 0 Å². The lowest BCUT2D eigenvalue weighted by atomic mass is 10.1. The number of carbonyl (C=O) groups is 4. The summed E-state index contributed by atoms with van der Waals surface area (Å²) >= 11 is 8.91. The van der Waals surface area contributed by atoms with Gasteiger partial charge >= 0.3 is 5.97 Å². The van der Waals surface area contributed by atoms with Gasteiger partial charge in [-0.15, -0.1) is 0 Å². The second kappa shape index (κ2) is 12.0. The highest BCUT2D eigenvalue weighted by Gasteiger charge is 2.44. The Labute approximate surface area is 232 Å². The molecule has 1 saturated heterocycles. The molecule has 0 radical (unpaired) electrons. The van der Waals surface area contributed by atoms with Crippen LogP contribution >= 0.6 is 28.1 Å². The molecule has 3 aromatic carbocycles. The quantitative estimate of drug-likeness (QED) is 0.301. The third-order valence-electron chi connectivity index (χ3n) is 5.78. The van der Waals surface area contributed by atoms with E-state index in [0.29, 0.717) is 16.8 Å². The molecule has 194 valence electrons. The summed E-state index contributed by atoms with van der Waals surface area (Å²) in [6.07, 6.45) is -0.274. The number of methoxy groups -OCH3 is 1. The lowest BCUT2D eigenvalue weighted by Crippen LogP contribution is -2.49. The number of halogens is 1. The number of carbonyl (C=O) groups excluding carboxylic acids is 4. The molecule has 0 saturated carbocycles. The van der Waals surface area contributed by atoms with Gasteiger partial charge in [-0.05, 0) is 66.3 Å². The molecule has 9 nitrogen and oxygen atoms in total. The number of anilines is 1. The van der Waals surface area contributed by atoms with E-state index in [1.165, 1.54) is 29.2 Å². The maximum atomic E-state index is 13.4. The average molecular weight is 595 g/mol.